The predicted octanol–water partition coefficient (Wildman–Crippen LogP) is 0.256. The number of carbonyl (C=O) groups excluding carboxylic acids is 1. The van der Waals surface area contributed by atoms with E-state index in [-0.39, 0.29) is 32.5 Å². The van der Waals surface area contributed by atoms with Crippen LogP contribution in [0.25, 0.3) is 0 Å². The molecule has 2 N–H and O–H groups in total. The highest BCUT2D eigenvalue weighted by Crippen LogP contribution is 2.03. The van der Waals surface area contributed by atoms with Gasteiger partial charge in [-0.15, -0.1) is 0 Å². The Kier molecular flexibility index (Phi) is 8.80. The normalized spacial score (nSPS) is 10.5. The second kappa shape index (κ2) is 9.33. The van der Waals surface area contributed by atoms with Gasteiger partial charge >= 0.3 is 5.97 Å². The van der Waals surface area contributed by atoms with Gasteiger partial charge in [-0.05, 0) is 19.8 Å². The Morgan fingerprint density at radius 1 is 1.25 bits per heavy atom. The Bertz CT molecular complexity index is 208. The van der Waals surface area contributed by atoms with Crippen LogP contribution in [-0.4, -0.2) is 48.7 Å². The summed E-state index contributed by atoms with van der Waals surface area (Å²) in [5.41, 5.74) is 0.349. The second-order valence-electron chi connectivity index (χ2n) is 3.43. The molecular weight excluding hydrogens is 212 g/mol. The standard InChI is InChI=1S/C11H20O5/c1-9(2)11(14)16-8-7-15-10(3-5-12)4-6-13/h10,12-13H,1,3-8H2,2H3. The van der Waals surface area contributed by atoms with E-state index in [1.54, 1.807) is 6.92 Å². The van der Waals surface area contributed by atoms with Crippen molar-refractivity contribution in [2.75, 3.05) is 26.4 Å². The molecule has 0 fully saturated rings. The van der Waals surface area contributed by atoms with Crippen LogP contribution in [0.1, 0.15) is 19.8 Å². The zero-order chi connectivity index (χ0) is 12.4. The molecule has 5 heteroatoms. The average Bonchev–Trinajstić information content (AvgIpc) is 2.24. The summed E-state index contributed by atoms with van der Waals surface area (Å²) in [6, 6.07) is 0. The molecule has 16 heavy (non-hydrogen) atoms. The molecule has 0 atom stereocenters. The van der Waals surface area contributed by atoms with Gasteiger partial charge in [0.05, 0.1) is 12.7 Å². The van der Waals surface area contributed by atoms with E-state index in [0.29, 0.717) is 18.4 Å². The van der Waals surface area contributed by atoms with Crippen molar-refractivity contribution < 1.29 is 24.5 Å². The lowest BCUT2D eigenvalue weighted by atomic mass is 10.2. The number of esters is 1. The molecule has 0 rings (SSSR count). The molecule has 0 aliphatic rings. The third-order valence-electron chi connectivity index (χ3n) is 1.92. The fraction of sp³-hybridized carbons (Fsp3) is 0.727. The van der Waals surface area contributed by atoms with E-state index in [4.69, 9.17) is 19.7 Å². The van der Waals surface area contributed by atoms with Gasteiger partial charge in [0.15, 0.2) is 0 Å². The van der Waals surface area contributed by atoms with Crippen LogP contribution in [-0.2, 0) is 14.3 Å². The minimum atomic E-state index is -0.440. The maximum atomic E-state index is 11.0. The maximum absolute atomic E-state index is 11.0. The first-order valence-electron chi connectivity index (χ1n) is 5.27. The summed E-state index contributed by atoms with van der Waals surface area (Å²) in [4.78, 5) is 11.0. The molecule has 0 radical (unpaired) electrons. The first kappa shape index (κ1) is 15.1. The molecule has 94 valence electrons. The molecule has 0 aromatic rings. The Morgan fingerprint density at radius 3 is 2.25 bits per heavy atom. The fourth-order valence-electron chi connectivity index (χ4n) is 1.07. The number of hydrogen-bond acceptors (Lipinski definition) is 5. The molecule has 0 bridgehead atoms. The van der Waals surface area contributed by atoms with Crippen LogP contribution < -0.4 is 0 Å². The zero-order valence-electron chi connectivity index (χ0n) is 9.65. The Balaban J connectivity index is 3.61. The Morgan fingerprint density at radius 2 is 1.81 bits per heavy atom. The first-order valence-corrected chi connectivity index (χ1v) is 5.27. The van der Waals surface area contributed by atoms with Crippen molar-refractivity contribution in [2.45, 2.75) is 25.9 Å². The Labute approximate surface area is 95.7 Å². The van der Waals surface area contributed by atoms with Gasteiger partial charge in [0.1, 0.15) is 6.61 Å². The first-order chi connectivity index (χ1) is 7.61. The predicted molar refractivity (Wildman–Crippen MR) is 58.9 cm³/mol. The van der Waals surface area contributed by atoms with Gasteiger partial charge in [-0.25, -0.2) is 4.79 Å². The highest BCUT2D eigenvalue weighted by Gasteiger charge is 2.08. The molecule has 0 aromatic heterocycles. The molecule has 0 aliphatic carbocycles. The monoisotopic (exact) mass is 232 g/mol. The van der Waals surface area contributed by atoms with Crippen molar-refractivity contribution in [2.24, 2.45) is 0 Å². The van der Waals surface area contributed by atoms with Crippen LogP contribution in [0, 0.1) is 0 Å². The van der Waals surface area contributed by atoms with Gasteiger partial charge in [-0.2, -0.15) is 0 Å². The van der Waals surface area contributed by atoms with Crippen LogP contribution in [0.2, 0.25) is 0 Å². The van der Waals surface area contributed by atoms with E-state index >= 15 is 0 Å². The molecule has 0 amide bonds. The van der Waals surface area contributed by atoms with Gasteiger partial charge in [0, 0.05) is 18.8 Å². The summed E-state index contributed by atoms with van der Waals surface area (Å²) in [7, 11) is 0. The highest BCUT2D eigenvalue weighted by atomic mass is 16.6. The van der Waals surface area contributed by atoms with Gasteiger partial charge < -0.3 is 19.7 Å². The van der Waals surface area contributed by atoms with E-state index in [0.717, 1.165) is 0 Å². The van der Waals surface area contributed by atoms with E-state index in [2.05, 4.69) is 6.58 Å². The van der Waals surface area contributed by atoms with Crippen molar-refractivity contribution in [1.29, 1.82) is 0 Å². The number of carbonyl (C=O) groups is 1. The lowest BCUT2D eigenvalue weighted by molar-refractivity contribution is -0.141. The smallest absolute Gasteiger partial charge is 0.333 e. The quantitative estimate of drug-likeness (QED) is 0.339. The van der Waals surface area contributed by atoms with E-state index < -0.39 is 5.97 Å². The molecule has 0 saturated carbocycles. The average molecular weight is 232 g/mol. The molecule has 5 nitrogen and oxygen atoms in total. The fourth-order valence-corrected chi connectivity index (χ4v) is 1.07. The second-order valence-corrected chi connectivity index (χ2v) is 3.43. The van der Waals surface area contributed by atoms with Crippen molar-refractivity contribution in [3.05, 3.63) is 12.2 Å². The Hall–Kier alpha value is -0.910. The number of rotatable bonds is 9. The van der Waals surface area contributed by atoms with E-state index in [9.17, 15) is 4.79 Å². The highest BCUT2D eigenvalue weighted by molar-refractivity contribution is 5.86. The van der Waals surface area contributed by atoms with Crippen molar-refractivity contribution in [3.8, 4) is 0 Å². The molecule has 0 aromatic carbocycles. The number of aliphatic hydroxyl groups excluding tert-OH is 2. The lowest BCUT2D eigenvalue weighted by Crippen LogP contribution is -2.20. The van der Waals surface area contributed by atoms with Crippen LogP contribution in [0.15, 0.2) is 12.2 Å². The molecular formula is C11H20O5. The summed E-state index contributed by atoms with van der Waals surface area (Å²) >= 11 is 0. The van der Waals surface area contributed by atoms with Crippen molar-refractivity contribution in [1.82, 2.24) is 0 Å². The van der Waals surface area contributed by atoms with Crippen molar-refractivity contribution >= 4 is 5.97 Å². The molecule has 0 spiro atoms. The third kappa shape index (κ3) is 7.39. The van der Waals surface area contributed by atoms with Crippen molar-refractivity contribution in [3.63, 3.8) is 0 Å². The molecule has 0 saturated heterocycles. The summed E-state index contributed by atoms with van der Waals surface area (Å²) in [6.45, 7) is 5.45. The van der Waals surface area contributed by atoms with Crippen LogP contribution in [0.5, 0.6) is 0 Å². The lowest BCUT2D eigenvalue weighted by Gasteiger charge is -2.15. The van der Waals surface area contributed by atoms with Crippen LogP contribution in [0.3, 0.4) is 0 Å². The maximum Gasteiger partial charge on any atom is 0.333 e. The van der Waals surface area contributed by atoms with Gasteiger partial charge in [-0.1, -0.05) is 6.58 Å². The molecule has 0 aliphatic heterocycles. The minimum Gasteiger partial charge on any atom is -0.460 e. The van der Waals surface area contributed by atoms with Gasteiger partial charge in [0.25, 0.3) is 0 Å². The van der Waals surface area contributed by atoms with E-state index in [1.165, 1.54) is 0 Å². The van der Waals surface area contributed by atoms with Crippen LogP contribution >= 0.6 is 0 Å². The molecule has 0 heterocycles. The topological polar surface area (TPSA) is 76.0 Å². The summed E-state index contributed by atoms with van der Waals surface area (Å²) < 4.78 is 10.1. The van der Waals surface area contributed by atoms with Gasteiger partial charge in [0.2, 0.25) is 0 Å². The number of aliphatic hydroxyl groups is 2. The molecule has 0 unspecified atom stereocenters. The largest absolute Gasteiger partial charge is 0.460 e. The number of hydrogen-bond donors (Lipinski definition) is 2. The third-order valence-corrected chi connectivity index (χ3v) is 1.92. The minimum absolute atomic E-state index is 0.0101. The van der Waals surface area contributed by atoms with E-state index in [1.807, 2.05) is 0 Å². The zero-order valence-corrected chi connectivity index (χ0v) is 9.65. The number of ether oxygens (including phenoxy) is 2. The van der Waals surface area contributed by atoms with Crippen LogP contribution in [0.4, 0.5) is 0 Å². The summed E-state index contributed by atoms with van der Waals surface area (Å²) in [5.74, 6) is -0.440. The van der Waals surface area contributed by atoms with Gasteiger partial charge in [-0.3, -0.25) is 0 Å². The SMILES string of the molecule is C=C(C)C(=O)OCCOC(CCO)CCO. The summed E-state index contributed by atoms with van der Waals surface area (Å²) in [6.07, 6.45) is 0.739. The summed E-state index contributed by atoms with van der Waals surface area (Å²) in [5, 5.41) is 17.4.